The van der Waals surface area contributed by atoms with Crippen molar-refractivity contribution in [3.05, 3.63) is 54.2 Å². The molecule has 27 heavy (non-hydrogen) atoms. The summed E-state index contributed by atoms with van der Waals surface area (Å²) >= 11 is 0. The molecule has 2 aromatic carbocycles. The zero-order chi connectivity index (χ0) is 18.6. The lowest BCUT2D eigenvalue weighted by molar-refractivity contribution is 0.0342. The Bertz CT molecular complexity index is 931. The Balaban J connectivity index is 1.45. The maximum absolute atomic E-state index is 12.7. The van der Waals surface area contributed by atoms with Gasteiger partial charge in [-0.15, -0.1) is 0 Å². The number of H-pyrrole nitrogens is 1. The zero-order valence-electron chi connectivity index (χ0n) is 15.4. The Morgan fingerprint density at radius 1 is 1.22 bits per heavy atom. The summed E-state index contributed by atoms with van der Waals surface area (Å²) in [4.78, 5) is 15.0. The van der Waals surface area contributed by atoms with Crippen molar-refractivity contribution in [1.82, 2.24) is 20.4 Å². The highest BCUT2D eigenvalue weighted by Crippen LogP contribution is 2.24. The van der Waals surface area contributed by atoms with Crippen LogP contribution in [-0.4, -0.2) is 59.9 Å². The maximum atomic E-state index is 12.7. The Hall–Kier alpha value is -2.70. The molecule has 6 heteroatoms. The lowest BCUT2D eigenvalue weighted by Crippen LogP contribution is -2.46. The van der Waals surface area contributed by atoms with Crippen molar-refractivity contribution in [1.29, 1.82) is 0 Å². The lowest BCUT2D eigenvalue weighted by Gasteiger charge is -2.29. The first-order valence-corrected chi connectivity index (χ1v) is 9.33. The minimum atomic E-state index is -0.0415. The normalized spacial score (nSPS) is 16.3. The minimum absolute atomic E-state index is 0.0415. The number of benzene rings is 2. The van der Waals surface area contributed by atoms with E-state index in [0.717, 1.165) is 54.9 Å². The fourth-order valence-corrected chi connectivity index (χ4v) is 3.48. The van der Waals surface area contributed by atoms with E-state index in [1.807, 2.05) is 37.3 Å². The average Bonchev–Trinajstić information content (AvgIpc) is 3.16. The Labute approximate surface area is 158 Å². The molecule has 0 aliphatic carbocycles. The predicted octanol–water partition coefficient (Wildman–Crippen LogP) is 2.68. The first-order chi connectivity index (χ1) is 13.2. The lowest BCUT2D eigenvalue weighted by atomic mass is 10.0. The molecule has 1 aliphatic rings. The molecule has 1 fully saturated rings. The van der Waals surface area contributed by atoms with Crippen LogP contribution in [0.15, 0.2) is 48.7 Å². The van der Waals surface area contributed by atoms with Crippen LogP contribution in [0.4, 0.5) is 0 Å². The molecule has 1 aliphatic heterocycles. The minimum Gasteiger partial charge on any atom is -0.379 e. The van der Waals surface area contributed by atoms with Gasteiger partial charge in [-0.1, -0.05) is 24.3 Å². The summed E-state index contributed by atoms with van der Waals surface area (Å²) in [6.45, 7) is 6.26. The summed E-state index contributed by atoms with van der Waals surface area (Å²) in [5, 5.41) is 11.2. The molecule has 3 aromatic rings. The van der Waals surface area contributed by atoms with Gasteiger partial charge in [0.05, 0.1) is 24.9 Å². The zero-order valence-corrected chi connectivity index (χ0v) is 15.4. The van der Waals surface area contributed by atoms with Crippen LogP contribution in [-0.2, 0) is 4.74 Å². The first kappa shape index (κ1) is 17.7. The van der Waals surface area contributed by atoms with Crippen molar-refractivity contribution in [3.8, 4) is 11.1 Å². The standard InChI is InChI=1S/C21H24N4O2/c1-15(14-25-7-9-27-10-8-25)23-21(26)18-4-2-3-16(11-18)17-5-6-19-13-22-24-20(19)12-17/h2-6,11-13,15H,7-10,14H2,1H3,(H,22,24)(H,23,26). The van der Waals surface area contributed by atoms with Gasteiger partial charge in [-0.25, -0.2) is 0 Å². The van der Waals surface area contributed by atoms with Gasteiger partial charge < -0.3 is 10.1 Å². The predicted molar refractivity (Wildman–Crippen MR) is 106 cm³/mol. The van der Waals surface area contributed by atoms with E-state index in [-0.39, 0.29) is 11.9 Å². The number of fused-ring (bicyclic) bond motifs is 1. The SMILES string of the molecule is CC(CN1CCOCC1)NC(=O)c1cccc(-c2ccc3cn[nH]c3c2)c1. The monoisotopic (exact) mass is 364 g/mol. The van der Waals surface area contributed by atoms with E-state index in [0.29, 0.717) is 5.56 Å². The van der Waals surface area contributed by atoms with E-state index in [4.69, 9.17) is 4.74 Å². The Kier molecular flexibility index (Phi) is 5.18. The highest BCUT2D eigenvalue weighted by molar-refractivity contribution is 5.96. The van der Waals surface area contributed by atoms with Gasteiger partial charge in [-0.2, -0.15) is 5.10 Å². The van der Waals surface area contributed by atoms with Gasteiger partial charge in [0.15, 0.2) is 0 Å². The van der Waals surface area contributed by atoms with E-state index >= 15 is 0 Å². The molecule has 6 nitrogen and oxygen atoms in total. The van der Waals surface area contributed by atoms with E-state index in [1.54, 1.807) is 6.20 Å². The molecule has 0 bridgehead atoms. The number of nitrogens with one attached hydrogen (secondary N) is 2. The number of ether oxygens (including phenoxy) is 1. The summed E-state index contributed by atoms with van der Waals surface area (Å²) in [5.74, 6) is -0.0415. The number of aromatic amines is 1. The summed E-state index contributed by atoms with van der Waals surface area (Å²) < 4.78 is 5.37. The molecule has 1 saturated heterocycles. The van der Waals surface area contributed by atoms with Crippen molar-refractivity contribution in [2.45, 2.75) is 13.0 Å². The Morgan fingerprint density at radius 3 is 2.89 bits per heavy atom. The second-order valence-electron chi connectivity index (χ2n) is 7.04. The molecule has 0 radical (unpaired) electrons. The molecule has 1 atom stereocenters. The quantitative estimate of drug-likeness (QED) is 0.730. The second kappa shape index (κ2) is 7.90. The van der Waals surface area contributed by atoms with Gasteiger partial charge >= 0.3 is 0 Å². The summed E-state index contributed by atoms with van der Waals surface area (Å²) in [7, 11) is 0. The molecule has 140 valence electrons. The van der Waals surface area contributed by atoms with Gasteiger partial charge in [0.1, 0.15) is 0 Å². The van der Waals surface area contributed by atoms with E-state index < -0.39 is 0 Å². The van der Waals surface area contributed by atoms with Crippen LogP contribution >= 0.6 is 0 Å². The van der Waals surface area contributed by atoms with Crippen LogP contribution < -0.4 is 5.32 Å². The van der Waals surface area contributed by atoms with Gasteiger partial charge in [-0.05, 0) is 36.2 Å². The summed E-state index contributed by atoms with van der Waals surface area (Å²) in [5.41, 5.74) is 3.73. The molecule has 0 spiro atoms. The van der Waals surface area contributed by atoms with Crippen molar-refractivity contribution in [2.75, 3.05) is 32.8 Å². The number of rotatable bonds is 5. The fraction of sp³-hybridized carbons (Fsp3) is 0.333. The van der Waals surface area contributed by atoms with Gasteiger partial charge in [0.25, 0.3) is 5.91 Å². The van der Waals surface area contributed by atoms with Crippen LogP contribution in [0.25, 0.3) is 22.0 Å². The number of hydrogen-bond donors (Lipinski definition) is 2. The number of morpholine rings is 1. The smallest absolute Gasteiger partial charge is 0.251 e. The van der Waals surface area contributed by atoms with Gasteiger partial charge in [-0.3, -0.25) is 14.8 Å². The van der Waals surface area contributed by atoms with Crippen molar-refractivity contribution in [3.63, 3.8) is 0 Å². The molecular weight excluding hydrogens is 340 g/mol. The Morgan fingerprint density at radius 2 is 2.04 bits per heavy atom. The maximum Gasteiger partial charge on any atom is 0.251 e. The van der Waals surface area contributed by atoms with E-state index in [1.165, 1.54) is 0 Å². The highest BCUT2D eigenvalue weighted by atomic mass is 16.5. The van der Waals surface area contributed by atoms with Crippen molar-refractivity contribution in [2.24, 2.45) is 0 Å². The van der Waals surface area contributed by atoms with Gasteiger partial charge in [0, 0.05) is 36.6 Å². The van der Waals surface area contributed by atoms with Crippen LogP contribution in [0.1, 0.15) is 17.3 Å². The van der Waals surface area contributed by atoms with Crippen LogP contribution in [0.5, 0.6) is 0 Å². The number of carbonyl (C=O) groups excluding carboxylic acids is 1. The number of amides is 1. The third-order valence-corrected chi connectivity index (χ3v) is 4.91. The molecule has 1 aromatic heterocycles. The third kappa shape index (κ3) is 4.18. The molecule has 0 saturated carbocycles. The molecular formula is C21H24N4O2. The number of nitrogens with zero attached hydrogens (tertiary/aromatic N) is 2. The average molecular weight is 364 g/mol. The van der Waals surface area contributed by atoms with Crippen LogP contribution in [0.3, 0.4) is 0 Å². The number of aromatic nitrogens is 2. The molecule has 4 rings (SSSR count). The summed E-state index contributed by atoms with van der Waals surface area (Å²) in [6.07, 6.45) is 1.80. The van der Waals surface area contributed by atoms with Crippen LogP contribution in [0.2, 0.25) is 0 Å². The molecule has 1 unspecified atom stereocenters. The number of hydrogen-bond acceptors (Lipinski definition) is 4. The summed E-state index contributed by atoms with van der Waals surface area (Å²) in [6, 6.07) is 14.0. The van der Waals surface area contributed by atoms with Crippen molar-refractivity contribution < 1.29 is 9.53 Å². The molecule has 1 amide bonds. The highest BCUT2D eigenvalue weighted by Gasteiger charge is 2.16. The van der Waals surface area contributed by atoms with E-state index in [9.17, 15) is 4.79 Å². The molecule has 2 heterocycles. The fourth-order valence-electron chi connectivity index (χ4n) is 3.48. The van der Waals surface area contributed by atoms with Crippen molar-refractivity contribution >= 4 is 16.8 Å². The second-order valence-corrected chi connectivity index (χ2v) is 7.04. The largest absolute Gasteiger partial charge is 0.379 e. The topological polar surface area (TPSA) is 70.2 Å². The molecule has 2 N–H and O–H groups in total. The number of carbonyl (C=O) groups is 1. The van der Waals surface area contributed by atoms with E-state index in [2.05, 4.69) is 32.5 Å². The van der Waals surface area contributed by atoms with Gasteiger partial charge in [0.2, 0.25) is 0 Å². The first-order valence-electron chi connectivity index (χ1n) is 9.33. The van der Waals surface area contributed by atoms with Crippen LogP contribution in [0, 0.1) is 0 Å². The third-order valence-electron chi connectivity index (χ3n) is 4.91.